The quantitative estimate of drug-likeness (QED) is 0.942. The smallest absolute Gasteiger partial charge is 0.251 e. The first-order valence-corrected chi connectivity index (χ1v) is 7.69. The van der Waals surface area contributed by atoms with E-state index >= 15 is 0 Å². The van der Waals surface area contributed by atoms with Crippen LogP contribution in [-0.2, 0) is 11.8 Å². The second-order valence-electron chi connectivity index (χ2n) is 5.96. The number of carbonyl (C=O) groups excluding carboxylic acids is 1. The molecule has 1 N–H and O–H groups in total. The van der Waals surface area contributed by atoms with Gasteiger partial charge >= 0.3 is 0 Å². The fourth-order valence-corrected chi connectivity index (χ4v) is 3.00. The Balaban J connectivity index is 1.64. The molecule has 1 aromatic heterocycles. The second kappa shape index (κ2) is 6.50. The molecule has 0 saturated carbocycles. The molecule has 2 atom stereocenters. The Morgan fingerprint density at radius 2 is 2.35 bits per heavy atom. The lowest BCUT2D eigenvalue weighted by Crippen LogP contribution is -2.31. The zero-order valence-corrected chi connectivity index (χ0v) is 13.3. The van der Waals surface area contributed by atoms with Gasteiger partial charge in [-0.25, -0.2) is 4.39 Å². The van der Waals surface area contributed by atoms with Crippen LogP contribution in [-0.4, -0.2) is 28.8 Å². The highest BCUT2D eigenvalue weighted by Crippen LogP contribution is 2.33. The Morgan fingerprint density at radius 3 is 3.04 bits per heavy atom. The third-order valence-corrected chi connectivity index (χ3v) is 4.23. The highest BCUT2D eigenvalue weighted by Gasteiger charge is 2.30. The summed E-state index contributed by atoms with van der Waals surface area (Å²) in [6, 6.07) is 4.19. The van der Waals surface area contributed by atoms with Gasteiger partial charge in [0.2, 0.25) is 0 Å². The first kappa shape index (κ1) is 15.7. The number of nitrogens with zero attached hydrogens (tertiary/aromatic N) is 2. The number of amides is 1. The molecular weight excluding hydrogens is 297 g/mol. The van der Waals surface area contributed by atoms with Crippen molar-refractivity contribution in [1.29, 1.82) is 0 Å². The highest BCUT2D eigenvalue weighted by atomic mass is 19.1. The average Bonchev–Trinajstić information content (AvgIpc) is 3.13. The molecule has 0 spiro atoms. The van der Waals surface area contributed by atoms with Crippen LogP contribution in [0.1, 0.15) is 34.0 Å². The minimum atomic E-state index is -0.333. The van der Waals surface area contributed by atoms with Crippen LogP contribution < -0.4 is 5.32 Å². The average molecular weight is 317 g/mol. The van der Waals surface area contributed by atoms with Crippen LogP contribution in [0.4, 0.5) is 4.39 Å². The summed E-state index contributed by atoms with van der Waals surface area (Å²) in [7, 11) is 1.87. The molecular formula is C17H20FN3O2. The van der Waals surface area contributed by atoms with Crippen molar-refractivity contribution < 1.29 is 13.9 Å². The van der Waals surface area contributed by atoms with Gasteiger partial charge in [0.05, 0.1) is 12.3 Å². The first-order chi connectivity index (χ1) is 11.0. The topological polar surface area (TPSA) is 56.1 Å². The lowest BCUT2D eigenvalue weighted by Gasteiger charge is -2.18. The van der Waals surface area contributed by atoms with Gasteiger partial charge in [-0.1, -0.05) is 0 Å². The molecule has 1 aromatic carbocycles. The summed E-state index contributed by atoms with van der Waals surface area (Å²) in [5.74, 6) is -0.303. The normalized spacial score (nSPS) is 20.7. The number of carbonyl (C=O) groups is 1. The van der Waals surface area contributed by atoms with Crippen LogP contribution in [0.25, 0.3) is 0 Å². The summed E-state index contributed by atoms with van der Waals surface area (Å²) >= 11 is 0. The molecule has 2 heterocycles. The standard InChI is InChI=1S/C17H20FN3O2/c1-11-7-14(18)3-4-15(11)17(22)19-8-12-5-6-23-16(12)13-9-20-21(2)10-13/h3-4,7,9-10,12,16H,5-6,8H2,1-2H3,(H,19,22)/t12-,16+/m0/s1. The van der Waals surface area contributed by atoms with E-state index in [0.29, 0.717) is 24.3 Å². The van der Waals surface area contributed by atoms with Crippen molar-refractivity contribution >= 4 is 5.91 Å². The van der Waals surface area contributed by atoms with Gasteiger partial charge in [-0.3, -0.25) is 9.48 Å². The van der Waals surface area contributed by atoms with Crippen molar-refractivity contribution in [2.45, 2.75) is 19.4 Å². The molecule has 23 heavy (non-hydrogen) atoms. The predicted octanol–water partition coefficient (Wildman–Crippen LogP) is 2.38. The summed E-state index contributed by atoms with van der Waals surface area (Å²) in [4.78, 5) is 12.3. The number of hydrogen-bond acceptors (Lipinski definition) is 3. The lowest BCUT2D eigenvalue weighted by atomic mass is 9.97. The molecule has 1 amide bonds. The van der Waals surface area contributed by atoms with Crippen LogP contribution in [0.2, 0.25) is 0 Å². The van der Waals surface area contributed by atoms with Crippen molar-refractivity contribution in [1.82, 2.24) is 15.1 Å². The lowest BCUT2D eigenvalue weighted by molar-refractivity contribution is 0.0845. The van der Waals surface area contributed by atoms with Crippen molar-refractivity contribution in [3.05, 3.63) is 53.1 Å². The molecule has 0 aliphatic carbocycles. The zero-order valence-electron chi connectivity index (χ0n) is 13.3. The molecule has 1 aliphatic heterocycles. The fourth-order valence-electron chi connectivity index (χ4n) is 3.00. The number of ether oxygens (including phenoxy) is 1. The van der Waals surface area contributed by atoms with E-state index in [1.807, 2.05) is 13.2 Å². The highest BCUT2D eigenvalue weighted by molar-refractivity contribution is 5.95. The van der Waals surface area contributed by atoms with Gasteiger partial charge in [0.25, 0.3) is 5.91 Å². The number of aromatic nitrogens is 2. The van der Waals surface area contributed by atoms with Gasteiger partial charge in [-0.2, -0.15) is 5.10 Å². The molecule has 0 bridgehead atoms. The molecule has 6 heteroatoms. The molecule has 5 nitrogen and oxygen atoms in total. The Morgan fingerprint density at radius 1 is 1.52 bits per heavy atom. The summed E-state index contributed by atoms with van der Waals surface area (Å²) in [5.41, 5.74) is 2.17. The maximum atomic E-state index is 13.1. The molecule has 1 fully saturated rings. The Labute approximate surface area is 134 Å². The monoisotopic (exact) mass is 317 g/mol. The van der Waals surface area contributed by atoms with Crippen LogP contribution in [0.15, 0.2) is 30.6 Å². The van der Waals surface area contributed by atoms with Crippen LogP contribution in [0.5, 0.6) is 0 Å². The van der Waals surface area contributed by atoms with E-state index in [4.69, 9.17) is 4.74 Å². The minimum Gasteiger partial charge on any atom is -0.373 e. The molecule has 1 aliphatic rings. The molecule has 1 saturated heterocycles. The molecule has 3 rings (SSSR count). The van der Waals surface area contributed by atoms with Gasteiger partial charge in [-0.05, 0) is 37.1 Å². The first-order valence-electron chi connectivity index (χ1n) is 7.69. The largest absolute Gasteiger partial charge is 0.373 e. The zero-order chi connectivity index (χ0) is 16.4. The van der Waals surface area contributed by atoms with E-state index < -0.39 is 0 Å². The summed E-state index contributed by atoms with van der Waals surface area (Å²) in [6.45, 7) is 2.93. The van der Waals surface area contributed by atoms with Crippen molar-refractivity contribution in [2.75, 3.05) is 13.2 Å². The van der Waals surface area contributed by atoms with E-state index in [1.54, 1.807) is 17.8 Å². The van der Waals surface area contributed by atoms with E-state index in [2.05, 4.69) is 10.4 Å². The third kappa shape index (κ3) is 3.42. The summed E-state index contributed by atoms with van der Waals surface area (Å²) < 4.78 is 20.7. The minimum absolute atomic E-state index is 0.0432. The summed E-state index contributed by atoms with van der Waals surface area (Å²) in [6.07, 6.45) is 4.59. The summed E-state index contributed by atoms with van der Waals surface area (Å²) in [5, 5.41) is 7.11. The third-order valence-electron chi connectivity index (χ3n) is 4.23. The molecule has 122 valence electrons. The maximum absolute atomic E-state index is 13.1. The molecule has 0 radical (unpaired) electrons. The molecule has 2 aromatic rings. The van der Waals surface area contributed by atoms with Crippen molar-refractivity contribution in [3.63, 3.8) is 0 Å². The van der Waals surface area contributed by atoms with Crippen LogP contribution in [0.3, 0.4) is 0 Å². The van der Waals surface area contributed by atoms with Crippen molar-refractivity contribution in [2.24, 2.45) is 13.0 Å². The number of halogens is 1. The van der Waals surface area contributed by atoms with Gasteiger partial charge in [0.1, 0.15) is 5.82 Å². The van der Waals surface area contributed by atoms with Gasteiger partial charge in [0, 0.05) is 43.4 Å². The molecule has 0 unspecified atom stereocenters. The van der Waals surface area contributed by atoms with E-state index in [-0.39, 0.29) is 23.7 Å². The number of nitrogens with one attached hydrogen (secondary N) is 1. The Bertz CT molecular complexity index is 714. The van der Waals surface area contributed by atoms with E-state index in [1.165, 1.54) is 18.2 Å². The SMILES string of the molecule is Cc1cc(F)ccc1C(=O)NC[C@@H]1CCO[C@H]1c1cnn(C)c1. The maximum Gasteiger partial charge on any atom is 0.251 e. The van der Waals surface area contributed by atoms with Gasteiger partial charge < -0.3 is 10.1 Å². The number of hydrogen-bond donors (Lipinski definition) is 1. The number of benzene rings is 1. The Kier molecular flexibility index (Phi) is 4.43. The second-order valence-corrected chi connectivity index (χ2v) is 5.96. The van der Waals surface area contributed by atoms with E-state index in [9.17, 15) is 9.18 Å². The number of aryl methyl sites for hydroxylation is 2. The predicted molar refractivity (Wildman–Crippen MR) is 83.5 cm³/mol. The van der Waals surface area contributed by atoms with Gasteiger partial charge in [-0.15, -0.1) is 0 Å². The Hall–Kier alpha value is -2.21. The van der Waals surface area contributed by atoms with E-state index in [0.717, 1.165) is 12.0 Å². The van der Waals surface area contributed by atoms with Crippen LogP contribution in [0, 0.1) is 18.7 Å². The van der Waals surface area contributed by atoms with Crippen molar-refractivity contribution in [3.8, 4) is 0 Å². The van der Waals surface area contributed by atoms with Crippen LogP contribution >= 0.6 is 0 Å². The van der Waals surface area contributed by atoms with Gasteiger partial charge in [0.15, 0.2) is 0 Å². The number of rotatable bonds is 4. The fraction of sp³-hybridized carbons (Fsp3) is 0.412.